The highest BCUT2D eigenvalue weighted by Gasteiger charge is 2.48. The fraction of sp³-hybridized carbons (Fsp3) is 0.211. The van der Waals surface area contributed by atoms with Crippen LogP contribution in [0, 0.1) is 5.82 Å². The molecule has 2 aliphatic rings. The van der Waals surface area contributed by atoms with Crippen LogP contribution in [0.2, 0.25) is 0 Å². The van der Waals surface area contributed by atoms with Gasteiger partial charge in [-0.1, -0.05) is 77.7 Å². The Morgan fingerprint density at radius 1 is 1.00 bits per heavy atom. The zero-order valence-corrected chi connectivity index (χ0v) is 28.8. The predicted molar refractivity (Wildman–Crippen MR) is 189 cm³/mol. The quantitative estimate of drug-likeness (QED) is 0.0481. The Balaban J connectivity index is 1.28. The Labute approximate surface area is 296 Å². The van der Waals surface area contributed by atoms with Crippen LogP contribution in [-0.4, -0.2) is 39.7 Å². The number of aliphatic hydroxyl groups is 1. The van der Waals surface area contributed by atoms with E-state index in [-0.39, 0.29) is 28.4 Å². The summed E-state index contributed by atoms with van der Waals surface area (Å²) in [5, 5.41) is 20.5. The van der Waals surface area contributed by atoms with Crippen molar-refractivity contribution in [2.45, 2.75) is 49.1 Å². The van der Waals surface area contributed by atoms with E-state index in [2.05, 4.69) is 10.2 Å². The second kappa shape index (κ2) is 14.3. The fourth-order valence-corrected chi connectivity index (χ4v) is 7.85. The molecule has 12 heteroatoms. The lowest BCUT2D eigenvalue weighted by molar-refractivity contribution is -0.132. The number of carbonyl (C=O) groups is 2. The molecule has 1 N–H and O–H groups in total. The molecule has 0 saturated carbocycles. The molecule has 1 fully saturated rings. The van der Waals surface area contributed by atoms with Gasteiger partial charge in [-0.05, 0) is 72.5 Å². The third-order valence-corrected chi connectivity index (χ3v) is 10.4. The molecule has 7 rings (SSSR count). The number of anilines is 1. The van der Waals surface area contributed by atoms with Crippen molar-refractivity contribution < 1.29 is 33.3 Å². The maximum atomic E-state index is 14.3. The SMILES string of the molecule is CCOc1cc([C@H]2/C(=C(\O)c3ccc4c(c3)C[C@H](C)O4)C(=O)C(=O)N2c2nnc(SCc3ccccc3F)s2)ccc1OCc1ccccc1. The molecule has 1 saturated heterocycles. The van der Waals surface area contributed by atoms with Crippen molar-refractivity contribution in [2.24, 2.45) is 0 Å². The number of benzene rings is 4. The molecule has 0 unspecified atom stereocenters. The van der Waals surface area contributed by atoms with E-state index in [0.29, 0.717) is 63.7 Å². The number of rotatable bonds is 11. The van der Waals surface area contributed by atoms with Crippen LogP contribution in [0.1, 0.15) is 47.7 Å². The molecule has 4 aromatic carbocycles. The molecule has 0 bridgehead atoms. The zero-order chi connectivity index (χ0) is 34.8. The Kier molecular flexibility index (Phi) is 9.55. The van der Waals surface area contributed by atoms with Crippen LogP contribution in [0.15, 0.2) is 101 Å². The van der Waals surface area contributed by atoms with E-state index >= 15 is 0 Å². The summed E-state index contributed by atoms with van der Waals surface area (Å²) in [6.07, 6.45) is 0.629. The summed E-state index contributed by atoms with van der Waals surface area (Å²) in [6.45, 7) is 4.44. The van der Waals surface area contributed by atoms with Crippen molar-refractivity contribution in [3.05, 3.63) is 130 Å². The van der Waals surface area contributed by atoms with Gasteiger partial charge in [-0.15, -0.1) is 10.2 Å². The van der Waals surface area contributed by atoms with Gasteiger partial charge in [0.25, 0.3) is 5.78 Å². The lowest BCUT2D eigenvalue weighted by Crippen LogP contribution is -2.29. The van der Waals surface area contributed by atoms with Crippen molar-refractivity contribution in [2.75, 3.05) is 11.5 Å². The molecule has 0 spiro atoms. The number of nitrogens with zero attached hydrogens (tertiary/aromatic N) is 3. The number of halogens is 1. The van der Waals surface area contributed by atoms with Gasteiger partial charge in [-0.25, -0.2) is 4.39 Å². The van der Waals surface area contributed by atoms with Crippen LogP contribution in [0.5, 0.6) is 17.2 Å². The number of aromatic nitrogens is 2. The number of hydrogen-bond acceptors (Lipinski definition) is 10. The second-order valence-electron chi connectivity index (χ2n) is 11.8. The molecule has 5 aromatic rings. The Morgan fingerprint density at radius 3 is 2.60 bits per heavy atom. The van der Waals surface area contributed by atoms with Gasteiger partial charge in [0.2, 0.25) is 5.13 Å². The average Bonchev–Trinajstić information content (AvgIpc) is 3.82. The summed E-state index contributed by atoms with van der Waals surface area (Å²) in [7, 11) is 0. The number of amides is 1. The number of hydrogen-bond donors (Lipinski definition) is 1. The van der Waals surface area contributed by atoms with E-state index in [1.165, 1.54) is 22.7 Å². The molecule has 0 aliphatic carbocycles. The van der Waals surface area contributed by atoms with Gasteiger partial charge in [-0.3, -0.25) is 14.5 Å². The number of thioether (sulfide) groups is 1. The minimum Gasteiger partial charge on any atom is -0.507 e. The van der Waals surface area contributed by atoms with E-state index in [1.807, 2.05) is 44.2 Å². The fourth-order valence-electron chi connectivity index (χ4n) is 6.00. The number of ketones is 1. The highest BCUT2D eigenvalue weighted by Crippen LogP contribution is 2.46. The van der Waals surface area contributed by atoms with Crippen molar-refractivity contribution in [1.29, 1.82) is 0 Å². The van der Waals surface area contributed by atoms with Gasteiger partial charge in [0, 0.05) is 17.7 Å². The predicted octanol–water partition coefficient (Wildman–Crippen LogP) is 7.90. The molecule has 9 nitrogen and oxygen atoms in total. The van der Waals surface area contributed by atoms with Gasteiger partial charge in [0.15, 0.2) is 15.8 Å². The van der Waals surface area contributed by atoms with Crippen molar-refractivity contribution in [3.8, 4) is 17.2 Å². The van der Waals surface area contributed by atoms with Gasteiger partial charge >= 0.3 is 5.91 Å². The van der Waals surface area contributed by atoms with E-state index in [1.54, 1.807) is 54.6 Å². The smallest absolute Gasteiger partial charge is 0.301 e. The minimum absolute atomic E-state index is 0.0181. The molecule has 254 valence electrons. The lowest BCUT2D eigenvalue weighted by atomic mass is 9.94. The Bertz CT molecular complexity index is 2100. The summed E-state index contributed by atoms with van der Waals surface area (Å²) in [6, 6.07) is 25.5. The normalized spacial score (nSPS) is 17.9. The maximum Gasteiger partial charge on any atom is 0.301 e. The molecule has 2 atom stereocenters. The first-order valence-electron chi connectivity index (χ1n) is 16.0. The molecule has 1 amide bonds. The molecule has 1 aromatic heterocycles. The monoisotopic (exact) mass is 709 g/mol. The Hall–Kier alpha value is -5.20. The minimum atomic E-state index is -1.07. The average molecular weight is 710 g/mol. The van der Waals surface area contributed by atoms with Crippen molar-refractivity contribution in [3.63, 3.8) is 0 Å². The summed E-state index contributed by atoms with van der Waals surface area (Å²) in [5.74, 6) is -0.474. The largest absolute Gasteiger partial charge is 0.507 e. The van der Waals surface area contributed by atoms with Crippen molar-refractivity contribution in [1.82, 2.24) is 10.2 Å². The zero-order valence-electron chi connectivity index (χ0n) is 27.2. The summed E-state index contributed by atoms with van der Waals surface area (Å²) >= 11 is 2.37. The van der Waals surface area contributed by atoms with Gasteiger partial charge in [0.05, 0.1) is 18.2 Å². The standard InChI is InChI=1S/C38H32FN3O6S2/c1-3-46-31-19-24(13-16-30(31)47-20-23-9-5-4-6-10-23)33-32(34(43)25-14-15-29-27(18-25)17-22(2)48-29)35(44)36(45)42(33)37-40-41-38(50-37)49-21-26-11-7-8-12-28(26)39/h4-16,18-19,22,33,43H,3,17,20-21H2,1-2H3/b34-32+/t22-,33-/m0/s1. The van der Waals surface area contributed by atoms with Crippen LogP contribution in [0.4, 0.5) is 9.52 Å². The number of Topliss-reactive ketones (excluding diaryl/α,β-unsaturated/α-hetero) is 1. The summed E-state index contributed by atoms with van der Waals surface area (Å²) in [5.41, 5.74) is 3.15. The number of carbonyl (C=O) groups excluding carboxylic acids is 2. The third kappa shape index (κ3) is 6.68. The lowest BCUT2D eigenvalue weighted by Gasteiger charge is -2.24. The summed E-state index contributed by atoms with van der Waals surface area (Å²) < 4.78 is 32.7. The van der Waals surface area contributed by atoms with Gasteiger partial charge in [-0.2, -0.15) is 0 Å². The van der Waals surface area contributed by atoms with E-state index in [4.69, 9.17) is 14.2 Å². The topological polar surface area (TPSA) is 111 Å². The van der Waals surface area contributed by atoms with Gasteiger partial charge < -0.3 is 19.3 Å². The Morgan fingerprint density at radius 2 is 1.80 bits per heavy atom. The molecule has 0 radical (unpaired) electrons. The number of fused-ring (bicyclic) bond motifs is 1. The first kappa shape index (κ1) is 33.3. The second-order valence-corrected chi connectivity index (χ2v) is 13.9. The highest BCUT2D eigenvalue weighted by atomic mass is 32.2. The first-order valence-corrected chi connectivity index (χ1v) is 17.8. The number of ether oxygens (including phenoxy) is 3. The number of aliphatic hydroxyl groups excluding tert-OH is 1. The van der Waals surface area contributed by atoms with E-state index in [0.717, 1.165) is 22.5 Å². The molecular formula is C38H32FN3O6S2. The van der Waals surface area contributed by atoms with Crippen LogP contribution in [0.25, 0.3) is 5.76 Å². The highest BCUT2D eigenvalue weighted by molar-refractivity contribution is 8.00. The van der Waals surface area contributed by atoms with Crippen LogP contribution in [0.3, 0.4) is 0 Å². The maximum absolute atomic E-state index is 14.3. The van der Waals surface area contributed by atoms with Crippen molar-refractivity contribution >= 4 is 45.7 Å². The molecular weight excluding hydrogens is 678 g/mol. The first-order chi connectivity index (χ1) is 24.3. The van der Waals surface area contributed by atoms with Crippen LogP contribution < -0.4 is 19.1 Å². The van der Waals surface area contributed by atoms with Crippen LogP contribution in [-0.2, 0) is 28.4 Å². The third-order valence-electron chi connectivity index (χ3n) is 8.35. The van der Waals surface area contributed by atoms with Crippen LogP contribution >= 0.6 is 23.1 Å². The summed E-state index contributed by atoms with van der Waals surface area (Å²) in [4.78, 5) is 29.0. The van der Waals surface area contributed by atoms with E-state index < -0.39 is 17.7 Å². The van der Waals surface area contributed by atoms with E-state index in [9.17, 15) is 19.1 Å². The molecule has 2 aliphatic heterocycles. The molecule has 50 heavy (non-hydrogen) atoms. The van der Waals surface area contributed by atoms with Gasteiger partial charge in [0.1, 0.15) is 30.0 Å². The molecule has 3 heterocycles.